The van der Waals surface area contributed by atoms with E-state index in [4.69, 9.17) is 0 Å². The number of hydrogen-bond donors (Lipinski definition) is 3. The Morgan fingerprint density at radius 3 is 2.29 bits per heavy atom. The summed E-state index contributed by atoms with van der Waals surface area (Å²) in [7, 11) is 0. The first kappa shape index (κ1) is 19.8. The van der Waals surface area contributed by atoms with E-state index in [0.717, 1.165) is 11.3 Å². The van der Waals surface area contributed by atoms with E-state index < -0.39 is 0 Å². The number of carbonyl (C=O) groups excluding carboxylic acids is 2. The standard InChI is InChI=1S/C23H20N6O2/c30-22(27-19-5-2-1-3-6-19)18-8-10-20(11-9-18)28-23(31)25-16-17-7-12-21(24-15-17)29-14-4-13-26-29/h1-15H,16H2,(H,27,30)(H2,25,28,31). The van der Waals surface area contributed by atoms with Crippen LogP contribution in [0, 0.1) is 0 Å². The van der Waals surface area contributed by atoms with Crippen molar-refractivity contribution in [3.8, 4) is 5.82 Å². The predicted octanol–water partition coefficient (Wildman–Crippen LogP) is 3.84. The molecule has 2 aromatic carbocycles. The minimum absolute atomic E-state index is 0.215. The van der Waals surface area contributed by atoms with Crippen LogP contribution >= 0.6 is 0 Å². The van der Waals surface area contributed by atoms with Gasteiger partial charge >= 0.3 is 6.03 Å². The number of amides is 3. The second-order valence-electron chi connectivity index (χ2n) is 6.68. The molecule has 2 aromatic heterocycles. The van der Waals surface area contributed by atoms with Crippen molar-refractivity contribution in [2.45, 2.75) is 6.54 Å². The number of para-hydroxylation sites is 1. The molecule has 31 heavy (non-hydrogen) atoms. The molecule has 0 saturated heterocycles. The highest BCUT2D eigenvalue weighted by molar-refractivity contribution is 6.04. The zero-order chi connectivity index (χ0) is 21.5. The van der Waals surface area contributed by atoms with Crippen molar-refractivity contribution in [3.63, 3.8) is 0 Å². The number of nitrogens with one attached hydrogen (secondary N) is 3. The van der Waals surface area contributed by atoms with Crippen LogP contribution < -0.4 is 16.0 Å². The molecule has 4 rings (SSSR count). The number of anilines is 2. The van der Waals surface area contributed by atoms with Crippen LogP contribution in [0.5, 0.6) is 0 Å². The fourth-order valence-corrected chi connectivity index (χ4v) is 2.85. The molecular weight excluding hydrogens is 392 g/mol. The summed E-state index contributed by atoms with van der Waals surface area (Å²) < 4.78 is 1.66. The molecule has 8 heteroatoms. The molecule has 0 aliphatic heterocycles. The predicted molar refractivity (Wildman–Crippen MR) is 118 cm³/mol. The highest BCUT2D eigenvalue weighted by Crippen LogP contribution is 2.13. The molecule has 0 fully saturated rings. The molecule has 154 valence electrons. The Labute approximate surface area is 178 Å². The molecule has 0 saturated carbocycles. The van der Waals surface area contributed by atoms with Crippen molar-refractivity contribution in [1.29, 1.82) is 0 Å². The average molecular weight is 412 g/mol. The van der Waals surface area contributed by atoms with Gasteiger partial charge in [0, 0.05) is 42.1 Å². The number of rotatable bonds is 6. The number of aromatic nitrogens is 3. The van der Waals surface area contributed by atoms with Crippen LogP contribution in [0.25, 0.3) is 5.82 Å². The average Bonchev–Trinajstić information content (AvgIpc) is 3.34. The zero-order valence-electron chi connectivity index (χ0n) is 16.5. The molecule has 3 N–H and O–H groups in total. The number of benzene rings is 2. The SMILES string of the molecule is O=C(NCc1ccc(-n2cccn2)nc1)Nc1ccc(C(=O)Nc2ccccc2)cc1. The number of nitrogens with zero attached hydrogens (tertiary/aromatic N) is 3. The monoisotopic (exact) mass is 412 g/mol. The molecular formula is C23H20N6O2. The summed E-state index contributed by atoms with van der Waals surface area (Å²) in [5, 5.41) is 12.5. The van der Waals surface area contributed by atoms with E-state index in [-0.39, 0.29) is 11.9 Å². The normalized spacial score (nSPS) is 10.3. The summed E-state index contributed by atoms with van der Waals surface area (Å²) in [5.41, 5.74) is 2.67. The summed E-state index contributed by atoms with van der Waals surface area (Å²) in [6.07, 6.45) is 5.19. The number of urea groups is 1. The lowest BCUT2D eigenvalue weighted by Crippen LogP contribution is -2.28. The molecule has 8 nitrogen and oxygen atoms in total. The Kier molecular flexibility index (Phi) is 5.99. The third-order valence-electron chi connectivity index (χ3n) is 4.44. The van der Waals surface area contributed by atoms with Crippen LogP contribution in [0.15, 0.2) is 91.4 Å². The second kappa shape index (κ2) is 9.36. The van der Waals surface area contributed by atoms with E-state index in [1.807, 2.05) is 54.7 Å². The fourth-order valence-electron chi connectivity index (χ4n) is 2.85. The van der Waals surface area contributed by atoms with Crippen LogP contribution in [0.3, 0.4) is 0 Å². The van der Waals surface area contributed by atoms with E-state index >= 15 is 0 Å². The van der Waals surface area contributed by atoms with Crippen LogP contribution in [0.4, 0.5) is 16.2 Å². The summed E-state index contributed by atoms with van der Waals surface area (Å²) in [4.78, 5) is 28.8. The highest BCUT2D eigenvalue weighted by atomic mass is 16.2. The second-order valence-corrected chi connectivity index (χ2v) is 6.68. The van der Waals surface area contributed by atoms with Gasteiger partial charge < -0.3 is 16.0 Å². The van der Waals surface area contributed by atoms with Gasteiger partial charge in [-0.2, -0.15) is 5.10 Å². The maximum absolute atomic E-state index is 12.3. The third kappa shape index (κ3) is 5.33. The topological polar surface area (TPSA) is 101 Å². The van der Waals surface area contributed by atoms with Gasteiger partial charge in [-0.15, -0.1) is 0 Å². The van der Waals surface area contributed by atoms with Crippen molar-refractivity contribution in [3.05, 3.63) is 103 Å². The van der Waals surface area contributed by atoms with Gasteiger partial charge in [-0.05, 0) is 54.1 Å². The minimum Gasteiger partial charge on any atom is -0.334 e. The molecule has 0 radical (unpaired) electrons. The maximum atomic E-state index is 12.3. The summed E-state index contributed by atoms with van der Waals surface area (Å²) >= 11 is 0. The number of carbonyl (C=O) groups is 2. The van der Waals surface area contributed by atoms with Gasteiger partial charge in [-0.25, -0.2) is 14.5 Å². The molecule has 0 aliphatic rings. The Morgan fingerprint density at radius 2 is 1.61 bits per heavy atom. The molecule has 4 aromatic rings. The van der Waals surface area contributed by atoms with Gasteiger partial charge in [0.2, 0.25) is 0 Å². The first-order chi connectivity index (χ1) is 15.2. The van der Waals surface area contributed by atoms with Gasteiger partial charge in [-0.1, -0.05) is 24.3 Å². The molecule has 0 aliphatic carbocycles. The van der Waals surface area contributed by atoms with Gasteiger partial charge in [-0.3, -0.25) is 4.79 Å². The largest absolute Gasteiger partial charge is 0.334 e. The van der Waals surface area contributed by atoms with Crippen molar-refractivity contribution in [1.82, 2.24) is 20.1 Å². The third-order valence-corrected chi connectivity index (χ3v) is 4.44. The number of hydrogen-bond acceptors (Lipinski definition) is 4. The zero-order valence-corrected chi connectivity index (χ0v) is 16.5. The Morgan fingerprint density at radius 1 is 0.839 bits per heavy atom. The van der Waals surface area contributed by atoms with Gasteiger partial charge in [0.15, 0.2) is 5.82 Å². The molecule has 3 amide bonds. The van der Waals surface area contributed by atoms with Crippen molar-refractivity contribution < 1.29 is 9.59 Å². The van der Waals surface area contributed by atoms with E-state index in [1.54, 1.807) is 41.3 Å². The van der Waals surface area contributed by atoms with Gasteiger partial charge in [0.05, 0.1) is 0 Å². The number of pyridine rings is 1. The van der Waals surface area contributed by atoms with Crippen LogP contribution in [0.2, 0.25) is 0 Å². The Hall–Kier alpha value is -4.46. The van der Waals surface area contributed by atoms with E-state index in [9.17, 15) is 9.59 Å². The molecule has 0 spiro atoms. The van der Waals surface area contributed by atoms with Gasteiger partial charge in [0.25, 0.3) is 5.91 Å². The van der Waals surface area contributed by atoms with Crippen molar-refractivity contribution >= 4 is 23.3 Å². The first-order valence-corrected chi connectivity index (χ1v) is 9.64. The summed E-state index contributed by atoms with van der Waals surface area (Å²) in [5.74, 6) is 0.489. The maximum Gasteiger partial charge on any atom is 0.319 e. The summed E-state index contributed by atoms with van der Waals surface area (Å²) in [6, 6.07) is 21.1. The van der Waals surface area contributed by atoms with Crippen molar-refractivity contribution in [2.24, 2.45) is 0 Å². The molecule has 0 unspecified atom stereocenters. The van der Waals surface area contributed by atoms with Gasteiger partial charge in [0.1, 0.15) is 0 Å². The fraction of sp³-hybridized carbons (Fsp3) is 0.0435. The summed E-state index contributed by atoms with van der Waals surface area (Å²) in [6.45, 7) is 0.329. The van der Waals surface area contributed by atoms with E-state index in [0.29, 0.717) is 23.6 Å². The van der Waals surface area contributed by atoms with Crippen LogP contribution in [-0.4, -0.2) is 26.7 Å². The highest BCUT2D eigenvalue weighted by Gasteiger charge is 2.07. The lowest BCUT2D eigenvalue weighted by molar-refractivity contribution is 0.102. The lowest BCUT2D eigenvalue weighted by atomic mass is 10.2. The smallest absolute Gasteiger partial charge is 0.319 e. The molecule has 0 bridgehead atoms. The lowest BCUT2D eigenvalue weighted by Gasteiger charge is -2.09. The quantitative estimate of drug-likeness (QED) is 0.448. The Bertz CT molecular complexity index is 1140. The Balaban J connectivity index is 1.27. The van der Waals surface area contributed by atoms with Crippen molar-refractivity contribution in [2.75, 3.05) is 10.6 Å². The van der Waals surface area contributed by atoms with Crippen LogP contribution in [-0.2, 0) is 6.54 Å². The minimum atomic E-state index is -0.349. The molecule has 2 heterocycles. The van der Waals surface area contributed by atoms with Crippen LogP contribution in [0.1, 0.15) is 15.9 Å². The molecule has 0 atom stereocenters. The van der Waals surface area contributed by atoms with E-state index in [1.165, 1.54) is 0 Å². The first-order valence-electron chi connectivity index (χ1n) is 9.64. The van der Waals surface area contributed by atoms with E-state index in [2.05, 4.69) is 26.0 Å².